The molecule has 1 rings (SSSR count). The first-order valence-corrected chi connectivity index (χ1v) is 12.7. The molecule has 0 aliphatic heterocycles. The lowest BCUT2D eigenvalue weighted by molar-refractivity contribution is 0.413. The van der Waals surface area contributed by atoms with Gasteiger partial charge in [-0.2, -0.15) is 0 Å². The van der Waals surface area contributed by atoms with E-state index in [0.29, 0.717) is 25.6 Å². The second kappa shape index (κ2) is 14.1. The van der Waals surface area contributed by atoms with Gasteiger partial charge in [-0.1, -0.05) is 13.3 Å². The van der Waals surface area contributed by atoms with Crippen LogP contribution in [0.25, 0.3) is 0 Å². The van der Waals surface area contributed by atoms with Crippen LogP contribution >= 0.6 is 24.0 Å². The van der Waals surface area contributed by atoms with Crippen LogP contribution in [0, 0.1) is 0 Å². The highest BCUT2D eigenvalue weighted by Crippen LogP contribution is 2.22. The third-order valence-corrected chi connectivity index (χ3v) is 8.31. The van der Waals surface area contributed by atoms with Crippen molar-refractivity contribution < 1.29 is 12.6 Å². The number of hydrogen-bond acceptors (Lipinski definition) is 4. The summed E-state index contributed by atoms with van der Waals surface area (Å²) in [5.41, 5.74) is 0. The van der Waals surface area contributed by atoms with Gasteiger partial charge in [-0.25, -0.2) is 12.7 Å². The van der Waals surface area contributed by atoms with Crippen LogP contribution in [0.3, 0.4) is 0 Å². The quantitative estimate of drug-likeness (QED) is 0.193. The lowest BCUT2D eigenvalue weighted by Gasteiger charge is -2.30. The molecule has 0 aromatic heterocycles. The predicted molar refractivity (Wildman–Crippen MR) is 126 cm³/mol. The minimum absolute atomic E-state index is 0. The SMILES string of the molecule is CCNC(=NCCCN(C)S(=O)(=O)CC)NC1CCCC(S(=O)CC)C1.I. The smallest absolute Gasteiger partial charge is 0.213 e. The summed E-state index contributed by atoms with van der Waals surface area (Å²) in [4.78, 5) is 4.57. The van der Waals surface area contributed by atoms with Crippen LogP contribution < -0.4 is 10.6 Å². The van der Waals surface area contributed by atoms with Crippen LogP contribution in [0.2, 0.25) is 0 Å². The molecule has 0 amide bonds. The van der Waals surface area contributed by atoms with Crippen LogP contribution in [-0.2, 0) is 20.8 Å². The number of guanidine groups is 1. The molecule has 162 valence electrons. The maximum atomic E-state index is 12.1. The summed E-state index contributed by atoms with van der Waals surface area (Å²) in [5, 5.41) is 7.00. The van der Waals surface area contributed by atoms with Gasteiger partial charge in [0.05, 0.1) is 5.75 Å². The van der Waals surface area contributed by atoms with E-state index in [1.165, 1.54) is 4.31 Å². The average Bonchev–Trinajstić information content (AvgIpc) is 2.64. The van der Waals surface area contributed by atoms with E-state index in [0.717, 1.165) is 43.9 Å². The molecule has 27 heavy (non-hydrogen) atoms. The number of hydrogen-bond donors (Lipinski definition) is 2. The minimum Gasteiger partial charge on any atom is -0.357 e. The van der Waals surface area contributed by atoms with Crippen molar-refractivity contribution >= 4 is 50.8 Å². The van der Waals surface area contributed by atoms with E-state index in [2.05, 4.69) is 15.6 Å². The number of nitrogens with one attached hydrogen (secondary N) is 2. The number of nitrogens with zero attached hydrogens (tertiary/aromatic N) is 2. The Kier molecular flexibility index (Phi) is 14.1. The summed E-state index contributed by atoms with van der Waals surface area (Å²) in [6, 6.07) is 0.296. The van der Waals surface area contributed by atoms with Crippen molar-refractivity contribution in [3.8, 4) is 0 Å². The summed E-state index contributed by atoms with van der Waals surface area (Å²) in [6.45, 7) is 7.46. The summed E-state index contributed by atoms with van der Waals surface area (Å²) >= 11 is 0. The van der Waals surface area contributed by atoms with E-state index in [1.807, 2.05) is 13.8 Å². The van der Waals surface area contributed by atoms with Gasteiger partial charge in [0.25, 0.3) is 0 Å². The zero-order valence-electron chi connectivity index (χ0n) is 17.1. The Balaban J connectivity index is 0.00000676. The monoisotopic (exact) mass is 536 g/mol. The summed E-state index contributed by atoms with van der Waals surface area (Å²) < 4.78 is 37.0. The standard InChI is InChI=1S/C17H36N4O3S2.HI/c1-5-18-17(19-12-9-13-21(4)26(23,24)7-3)20-15-10-8-11-16(14-15)25(22)6-2;/h15-16H,5-14H2,1-4H3,(H2,18,19,20);1H. The number of rotatable bonds is 10. The summed E-state index contributed by atoms with van der Waals surface area (Å²) in [6.07, 6.45) is 4.80. The van der Waals surface area contributed by atoms with E-state index < -0.39 is 20.8 Å². The predicted octanol–water partition coefficient (Wildman–Crippen LogP) is 1.91. The first-order valence-electron chi connectivity index (χ1n) is 9.70. The Bertz CT molecular complexity index is 573. The highest BCUT2D eigenvalue weighted by molar-refractivity contribution is 14.0. The van der Waals surface area contributed by atoms with Crippen molar-refractivity contribution in [1.82, 2.24) is 14.9 Å². The van der Waals surface area contributed by atoms with Crippen molar-refractivity contribution in [2.75, 3.05) is 38.2 Å². The molecule has 1 aliphatic rings. The number of sulfonamides is 1. The third-order valence-electron chi connectivity index (χ3n) is 4.71. The fourth-order valence-corrected chi connectivity index (χ4v) is 5.30. The molecule has 0 heterocycles. The zero-order valence-corrected chi connectivity index (χ0v) is 21.0. The molecule has 3 unspecified atom stereocenters. The van der Waals surface area contributed by atoms with Crippen molar-refractivity contribution in [3.05, 3.63) is 0 Å². The molecule has 1 fully saturated rings. The highest BCUT2D eigenvalue weighted by Gasteiger charge is 2.26. The number of aliphatic imine (C=N–C) groups is 1. The van der Waals surface area contributed by atoms with Gasteiger partial charge >= 0.3 is 0 Å². The summed E-state index contributed by atoms with van der Waals surface area (Å²) in [5.74, 6) is 1.61. The van der Waals surface area contributed by atoms with E-state index in [-0.39, 0.29) is 35.0 Å². The molecular formula is C17H37IN4O3S2. The average molecular weight is 537 g/mol. The van der Waals surface area contributed by atoms with E-state index >= 15 is 0 Å². The third kappa shape index (κ3) is 9.89. The molecule has 1 aliphatic carbocycles. The van der Waals surface area contributed by atoms with Gasteiger partial charge in [0.15, 0.2) is 5.96 Å². The van der Waals surface area contributed by atoms with Gasteiger partial charge < -0.3 is 10.6 Å². The second-order valence-electron chi connectivity index (χ2n) is 6.64. The molecule has 0 radical (unpaired) electrons. The Labute approximate surface area is 185 Å². The maximum absolute atomic E-state index is 12.1. The Hall–Kier alpha value is 0.0600. The molecular weight excluding hydrogens is 499 g/mol. The Morgan fingerprint density at radius 2 is 1.96 bits per heavy atom. The fourth-order valence-electron chi connectivity index (χ4n) is 3.11. The van der Waals surface area contributed by atoms with Crippen LogP contribution in [0.5, 0.6) is 0 Å². The normalized spacial score (nSPS) is 22.2. The molecule has 0 bridgehead atoms. The van der Waals surface area contributed by atoms with E-state index in [9.17, 15) is 12.6 Å². The first-order chi connectivity index (χ1) is 12.3. The molecule has 2 N–H and O–H groups in total. The Morgan fingerprint density at radius 1 is 1.26 bits per heavy atom. The van der Waals surface area contributed by atoms with E-state index in [4.69, 9.17) is 0 Å². The summed E-state index contributed by atoms with van der Waals surface area (Å²) in [7, 11) is -2.25. The highest BCUT2D eigenvalue weighted by atomic mass is 127. The van der Waals surface area contributed by atoms with Crippen molar-refractivity contribution in [2.45, 2.75) is 64.2 Å². The van der Waals surface area contributed by atoms with Crippen LogP contribution in [0.1, 0.15) is 52.9 Å². The molecule has 0 saturated heterocycles. The second-order valence-corrected chi connectivity index (χ2v) is 11.0. The van der Waals surface area contributed by atoms with Crippen LogP contribution in [-0.4, -0.2) is 72.4 Å². The van der Waals surface area contributed by atoms with Gasteiger partial charge in [0.2, 0.25) is 10.0 Å². The van der Waals surface area contributed by atoms with Crippen molar-refractivity contribution in [3.63, 3.8) is 0 Å². The van der Waals surface area contributed by atoms with Gasteiger partial charge in [0, 0.05) is 54.5 Å². The molecule has 3 atom stereocenters. The minimum atomic E-state index is -3.12. The van der Waals surface area contributed by atoms with Crippen molar-refractivity contribution in [1.29, 1.82) is 0 Å². The molecule has 7 nitrogen and oxygen atoms in total. The molecule has 0 spiro atoms. The number of halogens is 1. The molecule has 10 heteroatoms. The lowest BCUT2D eigenvalue weighted by Crippen LogP contribution is -2.46. The first kappa shape index (κ1) is 27.1. The fraction of sp³-hybridized carbons (Fsp3) is 0.941. The van der Waals surface area contributed by atoms with Crippen LogP contribution in [0.15, 0.2) is 4.99 Å². The van der Waals surface area contributed by atoms with Crippen LogP contribution in [0.4, 0.5) is 0 Å². The molecule has 1 saturated carbocycles. The van der Waals surface area contributed by atoms with Gasteiger partial charge in [0.1, 0.15) is 0 Å². The van der Waals surface area contributed by atoms with Gasteiger partial charge in [-0.05, 0) is 39.5 Å². The van der Waals surface area contributed by atoms with Gasteiger partial charge in [-0.15, -0.1) is 24.0 Å². The topological polar surface area (TPSA) is 90.9 Å². The lowest BCUT2D eigenvalue weighted by atomic mass is 9.95. The van der Waals surface area contributed by atoms with Gasteiger partial charge in [-0.3, -0.25) is 9.20 Å². The Morgan fingerprint density at radius 3 is 2.56 bits per heavy atom. The van der Waals surface area contributed by atoms with Crippen molar-refractivity contribution in [2.24, 2.45) is 4.99 Å². The largest absolute Gasteiger partial charge is 0.357 e. The molecule has 0 aromatic carbocycles. The zero-order chi connectivity index (χ0) is 19.6. The molecule has 0 aromatic rings. The maximum Gasteiger partial charge on any atom is 0.213 e. The van der Waals surface area contributed by atoms with E-state index in [1.54, 1.807) is 14.0 Å².